The summed E-state index contributed by atoms with van der Waals surface area (Å²) in [5.74, 6) is 0.639. The highest BCUT2D eigenvalue weighted by atomic mass is 16.1. The van der Waals surface area contributed by atoms with Gasteiger partial charge in [0.05, 0.1) is 0 Å². The van der Waals surface area contributed by atoms with Gasteiger partial charge in [0, 0.05) is 12.3 Å². The van der Waals surface area contributed by atoms with Crippen molar-refractivity contribution in [3.8, 4) is 0 Å². The molecule has 1 heteroatoms. The Labute approximate surface area is 151 Å². The van der Waals surface area contributed by atoms with Crippen LogP contribution in [0.25, 0.3) is 0 Å². The number of rotatable bonds is 16. The van der Waals surface area contributed by atoms with E-state index in [1.165, 1.54) is 44.9 Å². The van der Waals surface area contributed by atoms with Gasteiger partial charge in [-0.25, -0.2) is 0 Å². The van der Waals surface area contributed by atoms with Gasteiger partial charge in [0.15, 0.2) is 0 Å². The molecule has 138 valence electrons. The van der Waals surface area contributed by atoms with Gasteiger partial charge in [0.1, 0.15) is 5.78 Å². The predicted octanol–water partition coefficient (Wildman–Crippen LogP) is 7.58. The van der Waals surface area contributed by atoms with Gasteiger partial charge >= 0.3 is 0 Å². The largest absolute Gasteiger partial charge is 0.299 e. The standard InChI is InChI=1S/C23H40O/c1-4-5-6-7-8-9-10-11-12-13-14-15-16-17-18-19-20-21-23(24)22(2)3/h5-6,8-9,11-12,22H,4,7,10,13-21H2,1-3H3/b6-5-,9-8-,12-11-. The van der Waals surface area contributed by atoms with Crippen LogP contribution in [0.15, 0.2) is 36.5 Å². The van der Waals surface area contributed by atoms with E-state index in [-0.39, 0.29) is 5.92 Å². The number of carbonyl (C=O) groups excluding carboxylic acids is 1. The van der Waals surface area contributed by atoms with Crippen LogP contribution in [-0.2, 0) is 4.79 Å². The van der Waals surface area contributed by atoms with Crippen LogP contribution in [-0.4, -0.2) is 5.78 Å². The number of allylic oxidation sites excluding steroid dienone is 6. The number of carbonyl (C=O) groups is 1. The van der Waals surface area contributed by atoms with Crippen molar-refractivity contribution >= 4 is 5.78 Å². The van der Waals surface area contributed by atoms with E-state index in [0.29, 0.717) is 5.78 Å². The molecule has 0 bridgehead atoms. The van der Waals surface area contributed by atoms with Crippen molar-refractivity contribution in [2.45, 2.75) is 97.8 Å². The average molecular weight is 333 g/mol. The van der Waals surface area contributed by atoms with Crippen molar-refractivity contribution in [2.75, 3.05) is 0 Å². The van der Waals surface area contributed by atoms with E-state index in [9.17, 15) is 4.79 Å². The van der Waals surface area contributed by atoms with E-state index in [1.807, 2.05) is 13.8 Å². The second-order valence-electron chi connectivity index (χ2n) is 6.93. The van der Waals surface area contributed by atoms with Crippen molar-refractivity contribution in [1.29, 1.82) is 0 Å². The zero-order valence-corrected chi connectivity index (χ0v) is 16.4. The molecule has 0 heterocycles. The lowest BCUT2D eigenvalue weighted by Crippen LogP contribution is -2.05. The molecule has 0 radical (unpaired) electrons. The van der Waals surface area contributed by atoms with Crippen LogP contribution in [0.4, 0.5) is 0 Å². The summed E-state index contributed by atoms with van der Waals surface area (Å²) in [5.41, 5.74) is 0. The summed E-state index contributed by atoms with van der Waals surface area (Å²) in [6.45, 7) is 6.16. The van der Waals surface area contributed by atoms with E-state index in [0.717, 1.165) is 32.1 Å². The Morgan fingerprint density at radius 3 is 1.79 bits per heavy atom. The molecule has 0 aliphatic rings. The van der Waals surface area contributed by atoms with Gasteiger partial charge < -0.3 is 0 Å². The monoisotopic (exact) mass is 332 g/mol. The molecular formula is C23H40O. The molecular weight excluding hydrogens is 292 g/mol. The second-order valence-corrected chi connectivity index (χ2v) is 6.93. The van der Waals surface area contributed by atoms with Crippen LogP contribution in [0, 0.1) is 5.92 Å². The number of ketones is 1. The summed E-state index contributed by atoms with van der Waals surface area (Å²) < 4.78 is 0. The first kappa shape index (κ1) is 22.9. The van der Waals surface area contributed by atoms with Crippen molar-refractivity contribution < 1.29 is 4.79 Å². The first-order valence-electron chi connectivity index (χ1n) is 10.2. The molecule has 0 spiro atoms. The minimum Gasteiger partial charge on any atom is -0.299 e. The first-order valence-corrected chi connectivity index (χ1v) is 10.2. The summed E-state index contributed by atoms with van der Waals surface area (Å²) in [6, 6.07) is 0. The summed E-state index contributed by atoms with van der Waals surface area (Å²) in [4.78, 5) is 11.5. The third kappa shape index (κ3) is 17.2. The van der Waals surface area contributed by atoms with Gasteiger partial charge in [0.25, 0.3) is 0 Å². The molecule has 0 amide bonds. The van der Waals surface area contributed by atoms with E-state index in [1.54, 1.807) is 0 Å². The van der Waals surface area contributed by atoms with E-state index < -0.39 is 0 Å². The normalized spacial score (nSPS) is 12.3. The Morgan fingerprint density at radius 2 is 1.21 bits per heavy atom. The molecule has 0 aromatic rings. The highest BCUT2D eigenvalue weighted by molar-refractivity contribution is 5.80. The Kier molecular flexibility index (Phi) is 17.4. The van der Waals surface area contributed by atoms with E-state index in [4.69, 9.17) is 0 Å². The number of Topliss-reactive ketones (excluding diaryl/α,β-unsaturated/α-hetero) is 1. The molecule has 0 saturated carbocycles. The lowest BCUT2D eigenvalue weighted by atomic mass is 10.0. The lowest BCUT2D eigenvalue weighted by molar-refractivity contribution is -0.122. The fourth-order valence-corrected chi connectivity index (χ4v) is 2.56. The van der Waals surface area contributed by atoms with Crippen LogP contribution < -0.4 is 0 Å². The van der Waals surface area contributed by atoms with Crippen molar-refractivity contribution in [3.63, 3.8) is 0 Å². The maximum absolute atomic E-state index is 11.5. The third-order valence-corrected chi connectivity index (χ3v) is 4.22. The summed E-state index contributed by atoms with van der Waals surface area (Å²) in [7, 11) is 0. The quantitative estimate of drug-likeness (QED) is 0.210. The molecule has 0 aromatic carbocycles. The van der Waals surface area contributed by atoms with Gasteiger partial charge in [0.2, 0.25) is 0 Å². The van der Waals surface area contributed by atoms with Crippen LogP contribution in [0.1, 0.15) is 97.8 Å². The summed E-state index contributed by atoms with van der Waals surface area (Å²) >= 11 is 0. The highest BCUT2D eigenvalue weighted by Crippen LogP contribution is 2.11. The van der Waals surface area contributed by atoms with Crippen LogP contribution in [0.2, 0.25) is 0 Å². The zero-order chi connectivity index (χ0) is 17.9. The van der Waals surface area contributed by atoms with Crippen molar-refractivity contribution in [1.82, 2.24) is 0 Å². The Morgan fingerprint density at radius 1 is 0.708 bits per heavy atom. The fraction of sp³-hybridized carbons (Fsp3) is 0.696. The Bertz CT molecular complexity index is 360. The third-order valence-electron chi connectivity index (χ3n) is 4.22. The van der Waals surface area contributed by atoms with Gasteiger partial charge in [-0.1, -0.05) is 89.3 Å². The van der Waals surface area contributed by atoms with Crippen LogP contribution >= 0.6 is 0 Å². The molecule has 1 nitrogen and oxygen atoms in total. The number of unbranched alkanes of at least 4 members (excludes halogenated alkanes) is 7. The SMILES string of the molecule is CC/C=C\C/C=C\C/C=C\CCCCCCCCCC(=O)C(C)C. The number of hydrogen-bond donors (Lipinski definition) is 0. The highest BCUT2D eigenvalue weighted by Gasteiger charge is 2.05. The van der Waals surface area contributed by atoms with Crippen molar-refractivity contribution in [3.05, 3.63) is 36.5 Å². The molecule has 0 rings (SSSR count). The maximum Gasteiger partial charge on any atom is 0.135 e. The molecule has 0 saturated heterocycles. The minimum atomic E-state index is 0.214. The fourth-order valence-electron chi connectivity index (χ4n) is 2.56. The molecule has 0 aliphatic carbocycles. The molecule has 24 heavy (non-hydrogen) atoms. The van der Waals surface area contributed by atoms with Gasteiger partial charge in [-0.15, -0.1) is 0 Å². The number of hydrogen-bond acceptors (Lipinski definition) is 1. The molecule has 0 N–H and O–H groups in total. The maximum atomic E-state index is 11.5. The molecule has 0 atom stereocenters. The van der Waals surface area contributed by atoms with Crippen LogP contribution in [0.3, 0.4) is 0 Å². The molecule has 0 unspecified atom stereocenters. The Balaban J connectivity index is 3.26. The van der Waals surface area contributed by atoms with Crippen LogP contribution in [0.5, 0.6) is 0 Å². The molecule has 0 aromatic heterocycles. The second kappa shape index (κ2) is 18.2. The average Bonchev–Trinajstić information content (AvgIpc) is 2.57. The summed E-state index contributed by atoms with van der Waals surface area (Å²) in [6.07, 6.45) is 27.7. The van der Waals surface area contributed by atoms with Crippen molar-refractivity contribution in [2.24, 2.45) is 5.92 Å². The first-order chi connectivity index (χ1) is 11.7. The lowest BCUT2D eigenvalue weighted by Gasteiger charge is -2.04. The van der Waals surface area contributed by atoms with Gasteiger partial charge in [-0.05, 0) is 38.5 Å². The molecule has 0 fully saturated rings. The topological polar surface area (TPSA) is 17.1 Å². The van der Waals surface area contributed by atoms with E-state index in [2.05, 4.69) is 43.4 Å². The van der Waals surface area contributed by atoms with Gasteiger partial charge in [-0.2, -0.15) is 0 Å². The molecule has 0 aliphatic heterocycles. The summed E-state index contributed by atoms with van der Waals surface area (Å²) in [5, 5.41) is 0. The Hall–Kier alpha value is -1.11. The predicted molar refractivity (Wildman–Crippen MR) is 108 cm³/mol. The minimum absolute atomic E-state index is 0.214. The van der Waals surface area contributed by atoms with Gasteiger partial charge in [-0.3, -0.25) is 4.79 Å². The zero-order valence-electron chi connectivity index (χ0n) is 16.4. The smallest absolute Gasteiger partial charge is 0.135 e. The van der Waals surface area contributed by atoms with E-state index >= 15 is 0 Å².